The van der Waals surface area contributed by atoms with E-state index in [-0.39, 0.29) is 33.7 Å². The van der Waals surface area contributed by atoms with Crippen LogP contribution in [0.1, 0.15) is 40.2 Å². The summed E-state index contributed by atoms with van der Waals surface area (Å²) >= 11 is 0. The molecule has 3 N–H and O–H groups in total. The van der Waals surface area contributed by atoms with E-state index in [1.165, 1.54) is 18.2 Å². The summed E-state index contributed by atoms with van der Waals surface area (Å²) in [5.74, 6) is -0.631. The largest absolute Gasteiger partial charge is 0.492 e. The molecule has 9 heteroatoms. The zero-order valence-corrected chi connectivity index (χ0v) is 17.5. The van der Waals surface area contributed by atoms with Gasteiger partial charge in [-0.25, -0.2) is 17.6 Å². The van der Waals surface area contributed by atoms with Gasteiger partial charge in [-0.05, 0) is 79.6 Å². The van der Waals surface area contributed by atoms with Crippen molar-refractivity contribution in [3.63, 3.8) is 0 Å². The molecule has 0 bridgehead atoms. The van der Waals surface area contributed by atoms with Crippen LogP contribution >= 0.6 is 0 Å². The van der Waals surface area contributed by atoms with Crippen molar-refractivity contribution in [1.82, 2.24) is 5.32 Å². The van der Waals surface area contributed by atoms with Crippen LogP contribution in [0, 0.1) is 17.7 Å². The molecule has 0 unspecified atom stereocenters. The number of carbonyl (C=O) groups is 1. The van der Waals surface area contributed by atoms with Gasteiger partial charge in [0.15, 0.2) is 0 Å². The number of carboxylic acids is 1. The molecule has 3 aliphatic rings. The van der Waals surface area contributed by atoms with Crippen LogP contribution in [0.5, 0.6) is 5.75 Å². The molecule has 2 aliphatic heterocycles. The highest BCUT2D eigenvalue weighted by Gasteiger charge is 2.45. The van der Waals surface area contributed by atoms with E-state index >= 15 is 0 Å². The van der Waals surface area contributed by atoms with Gasteiger partial charge in [-0.1, -0.05) is 6.07 Å². The van der Waals surface area contributed by atoms with E-state index in [0.29, 0.717) is 24.5 Å². The first kappa shape index (κ1) is 20.3. The fourth-order valence-corrected chi connectivity index (χ4v) is 6.02. The van der Waals surface area contributed by atoms with Crippen LogP contribution in [-0.2, 0) is 16.4 Å². The van der Waals surface area contributed by atoms with Crippen LogP contribution in [0.3, 0.4) is 0 Å². The second-order valence-electron chi connectivity index (χ2n) is 8.55. The Morgan fingerprint density at radius 1 is 1.29 bits per heavy atom. The van der Waals surface area contributed by atoms with Gasteiger partial charge in [0.05, 0.1) is 17.2 Å². The molecule has 2 aromatic carbocycles. The predicted octanol–water partition coefficient (Wildman–Crippen LogP) is 2.97. The van der Waals surface area contributed by atoms with Crippen molar-refractivity contribution in [2.75, 3.05) is 24.4 Å². The van der Waals surface area contributed by atoms with Gasteiger partial charge in [0, 0.05) is 5.92 Å². The average Bonchev–Trinajstić information content (AvgIpc) is 3.34. The molecular weight excluding hydrogens is 423 g/mol. The first-order valence-electron chi connectivity index (χ1n) is 10.4. The molecule has 2 aromatic rings. The molecule has 2 fully saturated rings. The third-order valence-electron chi connectivity index (χ3n) is 6.39. The SMILES string of the molecule is O=C(O)c1c(NS(=O)(=O)c2ccc(F)cc2C[C@H]2CCNC2)ccc2c1OC[C@@H]1C[C@H]21. The number of aromatic carboxylic acids is 1. The number of sulfonamides is 1. The molecule has 0 radical (unpaired) electrons. The lowest BCUT2D eigenvalue weighted by Gasteiger charge is -2.21. The van der Waals surface area contributed by atoms with E-state index in [1.807, 2.05) is 0 Å². The Labute approximate surface area is 179 Å². The van der Waals surface area contributed by atoms with Crippen molar-refractivity contribution in [1.29, 1.82) is 0 Å². The molecule has 7 nitrogen and oxygen atoms in total. The summed E-state index contributed by atoms with van der Waals surface area (Å²) < 4.78 is 48.5. The smallest absolute Gasteiger partial charge is 0.341 e. The number of hydrogen-bond donors (Lipinski definition) is 3. The topological polar surface area (TPSA) is 105 Å². The Balaban J connectivity index is 1.51. The number of carboxylic acid groups (broad SMARTS) is 1. The molecule has 164 valence electrons. The Hall–Kier alpha value is -2.65. The number of nitrogens with one attached hydrogen (secondary N) is 2. The Kier molecular flexibility index (Phi) is 4.90. The van der Waals surface area contributed by atoms with Crippen molar-refractivity contribution < 1.29 is 27.4 Å². The summed E-state index contributed by atoms with van der Waals surface area (Å²) in [6.07, 6.45) is 2.26. The van der Waals surface area contributed by atoms with Crippen molar-refractivity contribution >= 4 is 21.7 Å². The third-order valence-corrected chi connectivity index (χ3v) is 7.86. The van der Waals surface area contributed by atoms with Crippen molar-refractivity contribution in [2.24, 2.45) is 11.8 Å². The normalized spacial score (nSPS) is 24.1. The second-order valence-corrected chi connectivity index (χ2v) is 10.2. The van der Waals surface area contributed by atoms with Crippen LogP contribution in [0.15, 0.2) is 35.2 Å². The minimum Gasteiger partial charge on any atom is -0.492 e. The molecule has 5 rings (SSSR count). The zero-order valence-electron chi connectivity index (χ0n) is 16.7. The number of rotatable bonds is 6. The number of benzene rings is 2. The van der Waals surface area contributed by atoms with Gasteiger partial charge < -0.3 is 15.2 Å². The summed E-state index contributed by atoms with van der Waals surface area (Å²) in [4.78, 5) is 12.0. The molecule has 1 saturated carbocycles. The number of fused-ring (bicyclic) bond motifs is 3. The molecule has 0 amide bonds. The van der Waals surface area contributed by atoms with Crippen LogP contribution in [-0.4, -0.2) is 39.2 Å². The first-order valence-corrected chi connectivity index (χ1v) is 11.9. The second kappa shape index (κ2) is 7.49. The standard InChI is InChI=1S/C22H23FN2O5S/c23-15-1-4-19(13(8-15)7-12-5-6-24-10-12)31(28,29)25-18-3-2-16-17-9-14(17)11-30-21(16)20(18)22(26)27/h1-4,8,12,14,17,24-25H,5-7,9-11H2,(H,26,27)/t12-,14+,17+/m1/s1. The average molecular weight is 447 g/mol. The molecule has 1 aliphatic carbocycles. The van der Waals surface area contributed by atoms with Gasteiger partial charge >= 0.3 is 5.97 Å². The lowest BCUT2D eigenvalue weighted by Crippen LogP contribution is -2.20. The summed E-state index contributed by atoms with van der Waals surface area (Å²) in [7, 11) is -4.14. The van der Waals surface area contributed by atoms with Crippen LogP contribution in [0.25, 0.3) is 0 Å². The minimum atomic E-state index is -4.14. The summed E-state index contributed by atoms with van der Waals surface area (Å²) in [6.45, 7) is 2.03. The van der Waals surface area contributed by atoms with Crippen molar-refractivity contribution in [3.8, 4) is 5.75 Å². The van der Waals surface area contributed by atoms with Gasteiger partial charge in [-0.2, -0.15) is 0 Å². The van der Waals surface area contributed by atoms with Crippen LogP contribution in [0.2, 0.25) is 0 Å². The maximum Gasteiger partial charge on any atom is 0.341 e. The molecule has 0 aromatic heterocycles. The lowest BCUT2D eigenvalue weighted by atomic mass is 9.98. The van der Waals surface area contributed by atoms with Crippen molar-refractivity contribution in [3.05, 3.63) is 52.8 Å². The molecule has 2 heterocycles. The minimum absolute atomic E-state index is 0.0435. The number of ether oxygens (including phenoxy) is 1. The molecule has 1 saturated heterocycles. The van der Waals surface area contributed by atoms with E-state index in [4.69, 9.17) is 4.74 Å². The fraction of sp³-hybridized carbons (Fsp3) is 0.409. The van der Waals surface area contributed by atoms with Crippen LogP contribution in [0.4, 0.5) is 10.1 Å². The number of anilines is 1. The zero-order chi connectivity index (χ0) is 21.8. The fourth-order valence-electron chi connectivity index (χ4n) is 4.72. The molecule has 3 atom stereocenters. The van der Waals surface area contributed by atoms with Gasteiger partial charge in [0.2, 0.25) is 0 Å². The Morgan fingerprint density at radius 3 is 2.87 bits per heavy atom. The quantitative estimate of drug-likeness (QED) is 0.630. The maximum absolute atomic E-state index is 13.9. The van der Waals surface area contributed by atoms with E-state index in [0.717, 1.165) is 37.6 Å². The third kappa shape index (κ3) is 3.76. The highest BCUT2D eigenvalue weighted by molar-refractivity contribution is 7.92. The maximum atomic E-state index is 13.9. The summed E-state index contributed by atoms with van der Waals surface area (Å²) in [6, 6.07) is 6.80. The highest BCUT2D eigenvalue weighted by atomic mass is 32.2. The van der Waals surface area contributed by atoms with E-state index in [9.17, 15) is 22.7 Å². The van der Waals surface area contributed by atoms with E-state index in [2.05, 4.69) is 10.0 Å². The van der Waals surface area contributed by atoms with Crippen molar-refractivity contribution in [2.45, 2.75) is 30.1 Å². The van der Waals surface area contributed by atoms with Gasteiger partial charge in [-0.3, -0.25) is 4.72 Å². The summed E-state index contributed by atoms with van der Waals surface area (Å²) in [5.41, 5.74) is 0.958. The van der Waals surface area contributed by atoms with Crippen LogP contribution < -0.4 is 14.8 Å². The summed E-state index contributed by atoms with van der Waals surface area (Å²) in [5, 5.41) is 13.0. The number of hydrogen-bond acceptors (Lipinski definition) is 5. The Morgan fingerprint density at radius 2 is 2.13 bits per heavy atom. The first-order chi connectivity index (χ1) is 14.8. The lowest BCUT2D eigenvalue weighted by molar-refractivity contribution is 0.0692. The Bertz CT molecular complexity index is 1160. The van der Waals surface area contributed by atoms with E-state index < -0.39 is 21.8 Å². The number of halogens is 1. The van der Waals surface area contributed by atoms with E-state index in [1.54, 1.807) is 6.07 Å². The molecular formula is C22H23FN2O5S. The monoisotopic (exact) mass is 446 g/mol. The van der Waals surface area contributed by atoms with Gasteiger partial charge in [0.25, 0.3) is 10.0 Å². The van der Waals surface area contributed by atoms with Gasteiger partial charge in [0.1, 0.15) is 17.1 Å². The highest BCUT2D eigenvalue weighted by Crippen LogP contribution is 2.55. The molecule has 31 heavy (non-hydrogen) atoms. The predicted molar refractivity (Wildman–Crippen MR) is 112 cm³/mol. The van der Waals surface area contributed by atoms with Gasteiger partial charge in [-0.15, -0.1) is 0 Å². The molecule has 0 spiro atoms.